The standard InChI is InChI=1S/C26H25ClN2O2/c1-31-23-12-9-18(10-13-23)6-7-19-8-11-20(24(27)14-19)15-25(28)26(30)29-16-21-4-2-3-5-22(21)17-29/h2-14,25H,15-17,28H2,1H3. The molecule has 3 aromatic carbocycles. The van der Waals surface area contributed by atoms with Crippen LogP contribution in [0.25, 0.3) is 12.2 Å². The van der Waals surface area contributed by atoms with Gasteiger partial charge in [-0.3, -0.25) is 4.79 Å². The van der Waals surface area contributed by atoms with Gasteiger partial charge in [-0.1, -0.05) is 72.3 Å². The van der Waals surface area contributed by atoms with E-state index in [-0.39, 0.29) is 5.91 Å². The van der Waals surface area contributed by atoms with E-state index in [1.807, 2.05) is 71.6 Å². The number of hydrogen-bond donors (Lipinski definition) is 1. The first-order valence-electron chi connectivity index (χ1n) is 10.2. The number of rotatable bonds is 6. The minimum atomic E-state index is -0.618. The van der Waals surface area contributed by atoms with E-state index in [1.165, 1.54) is 11.1 Å². The molecule has 0 saturated heterocycles. The number of ether oxygens (including phenoxy) is 1. The number of nitrogens with zero attached hydrogens (tertiary/aromatic N) is 1. The lowest BCUT2D eigenvalue weighted by Gasteiger charge is -2.20. The van der Waals surface area contributed by atoms with Crippen LogP contribution in [0.3, 0.4) is 0 Å². The van der Waals surface area contributed by atoms with Crippen LogP contribution < -0.4 is 10.5 Å². The summed E-state index contributed by atoms with van der Waals surface area (Å²) in [4.78, 5) is 14.7. The Balaban J connectivity index is 1.38. The molecule has 5 heteroatoms. The highest BCUT2D eigenvalue weighted by Gasteiger charge is 2.27. The summed E-state index contributed by atoms with van der Waals surface area (Å²) in [5, 5.41) is 0.616. The van der Waals surface area contributed by atoms with Crippen LogP contribution in [0.15, 0.2) is 66.7 Å². The van der Waals surface area contributed by atoms with E-state index in [2.05, 4.69) is 12.1 Å². The molecule has 4 nitrogen and oxygen atoms in total. The molecule has 0 saturated carbocycles. The molecule has 0 bridgehead atoms. The molecule has 1 heterocycles. The summed E-state index contributed by atoms with van der Waals surface area (Å²) in [6.45, 7) is 1.23. The highest BCUT2D eigenvalue weighted by atomic mass is 35.5. The molecule has 1 unspecified atom stereocenters. The molecule has 0 aromatic heterocycles. The van der Waals surface area contributed by atoms with Gasteiger partial charge in [-0.25, -0.2) is 0 Å². The van der Waals surface area contributed by atoms with Gasteiger partial charge in [0.2, 0.25) is 5.91 Å². The van der Waals surface area contributed by atoms with Crippen molar-refractivity contribution in [2.24, 2.45) is 5.73 Å². The second-order valence-electron chi connectivity index (χ2n) is 7.73. The lowest BCUT2D eigenvalue weighted by molar-refractivity contribution is -0.133. The van der Waals surface area contributed by atoms with Gasteiger partial charge in [-0.05, 0) is 52.4 Å². The van der Waals surface area contributed by atoms with Crippen LogP contribution in [0.4, 0.5) is 0 Å². The van der Waals surface area contributed by atoms with Crippen LogP contribution in [0.1, 0.15) is 27.8 Å². The summed E-state index contributed by atoms with van der Waals surface area (Å²) in [6, 6.07) is 21.2. The summed E-state index contributed by atoms with van der Waals surface area (Å²) in [6.07, 6.45) is 4.43. The van der Waals surface area contributed by atoms with Crippen LogP contribution in [0.5, 0.6) is 5.75 Å². The molecule has 1 aliphatic rings. The third-order valence-corrected chi connectivity index (χ3v) is 5.92. The van der Waals surface area contributed by atoms with E-state index in [0.717, 1.165) is 22.4 Å². The number of amides is 1. The molecule has 0 fully saturated rings. The van der Waals surface area contributed by atoms with Gasteiger partial charge in [0.15, 0.2) is 0 Å². The van der Waals surface area contributed by atoms with Crippen molar-refractivity contribution in [2.75, 3.05) is 7.11 Å². The van der Waals surface area contributed by atoms with Crippen LogP contribution in [0.2, 0.25) is 5.02 Å². The van der Waals surface area contributed by atoms with Crippen molar-refractivity contribution in [1.82, 2.24) is 4.90 Å². The normalized spacial score (nSPS) is 14.0. The molecule has 31 heavy (non-hydrogen) atoms. The molecule has 0 radical (unpaired) electrons. The van der Waals surface area contributed by atoms with Crippen molar-refractivity contribution in [3.05, 3.63) is 99.6 Å². The van der Waals surface area contributed by atoms with Crippen LogP contribution in [-0.4, -0.2) is 24.0 Å². The predicted molar refractivity (Wildman–Crippen MR) is 126 cm³/mol. The predicted octanol–water partition coefficient (Wildman–Crippen LogP) is 4.93. The number of nitrogens with two attached hydrogens (primary N) is 1. The zero-order valence-electron chi connectivity index (χ0n) is 17.4. The molecular formula is C26H25ClN2O2. The van der Waals surface area contributed by atoms with Gasteiger partial charge >= 0.3 is 0 Å². The third-order valence-electron chi connectivity index (χ3n) is 5.57. The molecule has 1 aliphatic heterocycles. The summed E-state index contributed by atoms with van der Waals surface area (Å²) >= 11 is 6.50. The second kappa shape index (κ2) is 9.38. The maximum atomic E-state index is 12.8. The van der Waals surface area contributed by atoms with Gasteiger partial charge in [0.1, 0.15) is 5.75 Å². The molecule has 1 atom stereocenters. The van der Waals surface area contributed by atoms with Gasteiger partial charge in [-0.15, -0.1) is 0 Å². The minimum Gasteiger partial charge on any atom is -0.497 e. The molecule has 1 amide bonds. The Hall–Kier alpha value is -3.08. The Kier molecular flexibility index (Phi) is 6.40. The summed E-state index contributed by atoms with van der Waals surface area (Å²) in [5.41, 5.74) is 11.6. The SMILES string of the molecule is COc1ccc(C=Cc2ccc(CC(N)C(=O)N3Cc4ccccc4C3)c(Cl)c2)cc1. The number of carbonyl (C=O) groups excluding carboxylic acids is 1. The lowest BCUT2D eigenvalue weighted by atomic mass is 10.0. The third kappa shape index (κ3) is 4.98. The average molecular weight is 433 g/mol. The Morgan fingerprint density at radius 3 is 2.26 bits per heavy atom. The highest BCUT2D eigenvalue weighted by Crippen LogP contribution is 2.25. The van der Waals surface area contributed by atoms with Crippen molar-refractivity contribution >= 4 is 29.7 Å². The summed E-state index contributed by atoms with van der Waals surface area (Å²) in [7, 11) is 1.65. The molecular weight excluding hydrogens is 408 g/mol. The highest BCUT2D eigenvalue weighted by molar-refractivity contribution is 6.31. The Bertz CT molecular complexity index is 1080. The number of methoxy groups -OCH3 is 1. The molecule has 3 aromatic rings. The van der Waals surface area contributed by atoms with Crippen molar-refractivity contribution in [2.45, 2.75) is 25.6 Å². The fourth-order valence-electron chi connectivity index (χ4n) is 3.79. The first kappa shape index (κ1) is 21.2. The summed E-state index contributed by atoms with van der Waals surface area (Å²) < 4.78 is 5.18. The minimum absolute atomic E-state index is 0.0456. The lowest BCUT2D eigenvalue weighted by Crippen LogP contribution is -2.42. The number of benzene rings is 3. The van der Waals surface area contributed by atoms with E-state index in [4.69, 9.17) is 22.1 Å². The first-order chi connectivity index (χ1) is 15.0. The fraction of sp³-hybridized carbons (Fsp3) is 0.192. The van der Waals surface area contributed by atoms with E-state index >= 15 is 0 Å². The number of halogens is 1. The maximum absolute atomic E-state index is 12.8. The van der Waals surface area contributed by atoms with Gasteiger partial charge in [0.25, 0.3) is 0 Å². The van der Waals surface area contributed by atoms with Gasteiger partial charge in [0, 0.05) is 18.1 Å². The average Bonchev–Trinajstić information content (AvgIpc) is 3.23. The Morgan fingerprint density at radius 1 is 1.03 bits per heavy atom. The zero-order valence-corrected chi connectivity index (χ0v) is 18.2. The van der Waals surface area contributed by atoms with Crippen molar-refractivity contribution in [3.8, 4) is 5.75 Å². The van der Waals surface area contributed by atoms with Crippen LogP contribution in [0, 0.1) is 0 Å². The van der Waals surface area contributed by atoms with Gasteiger partial charge in [0.05, 0.1) is 13.2 Å². The molecule has 158 valence electrons. The Labute approximate surface area is 187 Å². The van der Waals surface area contributed by atoms with E-state index in [0.29, 0.717) is 24.5 Å². The zero-order chi connectivity index (χ0) is 21.8. The van der Waals surface area contributed by atoms with Gasteiger partial charge in [-0.2, -0.15) is 0 Å². The van der Waals surface area contributed by atoms with E-state index < -0.39 is 6.04 Å². The van der Waals surface area contributed by atoms with E-state index in [1.54, 1.807) is 7.11 Å². The van der Waals surface area contributed by atoms with Crippen molar-refractivity contribution in [3.63, 3.8) is 0 Å². The van der Waals surface area contributed by atoms with Crippen molar-refractivity contribution in [1.29, 1.82) is 0 Å². The molecule has 0 aliphatic carbocycles. The van der Waals surface area contributed by atoms with Gasteiger partial charge < -0.3 is 15.4 Å². The Morgan fingerprint density at radius 2 is 1.65 bits per heavy atom. The molecule has 4 rings (SSSR count). The van der Waals surface area contributed by atoms with E-state index in [9.17, 15) is 4.79 Å². The number of carbonyl (C=O) groups is 1. The van der Waals surface area contributed by atoms with Crippen LogP contribution >= 0.6 is 11.6 Å². The molecule has 2 N–H and O–H groups in total. The number of hydrogen-bond acceptors (Lipinski definition) is 3. The smallest absolute Gasteiger partial charge is 0.240 e. The summed E-state index contributed by atoms with van der Waals surface area (Å²) in [5.74, 6) is 0.781. The fourth-order valence-corrected chi connectivity index (χ4v) is 4.05. The first-order valence-corrected chi connectivity index (χ1v) is 10.6. The maximum Gasteiger partial charge on any atom is 0.240 e. The quantitative estimate of drug-likeness (QED) is 0.562. The van der Waals surface area contributed by atoms with Crippen molar-refractivity contribution < 1.29 is 9.53 Å². The monoisotopic (exact) mass is 432 g/mol. The van der Waals surface area contributed by atoms with Crippen LogP contribution in [-0.2, 0) is 24.3 Å². The topological polar surface area (TPSA) is 55.6 Å². The number of fused-ring (bicyclic) bond motifs is 1. The second-order valence-corrected chi connectivity index (χ2v) is 8.14. The molecule has 0 spiro atoms. The largest absolute Gasteiger partial charge is 0.497 e.